The number of hydrogen-bond acceptors (Lipinski definition) is 3. The lowest BCUT2D eigenvalue weighted by molar-refractivity contribution is 0.0982. The van der Waals surface area contributed by atoms with Gasteiger partial charge in [0.2, 0.25) is 6.29 Å². The number of aromatic nitrogens is 1. The number of carbonyl (C=O) groups is 1. The Balaban J connectivity index is 2.12. The van der Waals surface area contributed by atoms with Crippen molar-refractivity contribution in [3.05, 3.63) is 64.3 Å². The van der Waals surface area contributed by atoms with E-state index in [9.17, 15) is 9.59 Å². The second kappa shape index (κ2) is 6.49. The van der Waals surface area contributed by atoms with Gasteiger partial charge in [-0.3, -0.25) is 9.59 Å². The molecule has 1 N–H and O–H groups in total. The van der Waals surface area contributed by atoms with Crippen LogP contribution in [-0.4, -0.2) is 24.2 Å². The number of aromatic amines is 1. The van der Waals surface area contributed by atoms with E-state index < -0.39 is 5.92 Å². The molecule has 0 aliphatic heterocycles. The highest BCUT2D eigenvalue weighted by Crippen LogP contribution is 2.32. The molecule has 0 aliphatic rings. The van der Waals surface area contributed by atoms with Gasteiger partial charge in [0.05, 0.1) is 7.11 Å². The zero-order chi connectivity index (χ0) is 17.3. The number of methoxy groups -OCH3 is 1. The summed E-state index contributed by atoms with van der Waals surface area (Å²) in [5, 5.41) is 1.31. The standard InChI is InChI=1S/C19H15ClNO3/c1-11-18(15-9-14(24-2)7-8-17(15)21-11)16(10-22)19(23)12-3-5-13(20)6-4-12/h3-9,16,21H,1-2H3. The number of ketones is 1. The maximum Gasteiger partial charge on any atom is 0.214 e. The van der Waals surface area contributed by atoms with Gasteiger partial charge in [0, 0.05) is 27.2 Å². The van der Waals surface area contributed by atoms with Gasteiger partial charge >= 0.3 is 0 Å². The van der Waals surface area contributed by atoms with Crippen LogP contribution in [0.15, 0.2) is 42.5 Å². The molecule has 3 rings (SSSR count). The van der Waals surface area contributed by atoms with E-state index in [2.05, 4.69) is 4.98 Å². The zero-order valence-corrected chi connectivity index (χ0v) is 14.0. The van der Waals surface area contributed by atoms with Crippen molar-refractivity contribution in [2.45, 2.75) is 12.8 Å². The Morgan fingerprint density at radius 1 is 1.21 bits per heavy atom. The van der Waals surface area contributed by atoms with Crippen molar-refractivity contribution < 1.29 is 14.3 Å². The Hall–Kier alpha value is -2.59. The highest BCUT2D eigenvalue weighted by molar-refractivity contribution is 6.30. The molecule has 0 spiro atoms. The van der Waals surface area contributed by atoms with Crippen molar-refractivity contribution in [3.8, 4) is 5.75 Å². The second-order valence-electron chi connectivity index (χ2n) is 5.50. The zero-order valence-electron chi connectivity index (χ0n) is 13.2. The summed E-state index contributed by atoms with van der Waals surface area (Å²) < 4.78 is 5.25. The number of ether oxygens (including phenoxy) is 1. The molecule has 24 heavy (non-hydrogen) atoms. The average molecular weight is 341 g/mol. The lowest BCUT2D eigenvalue weighted by atomic mass is 9.90. The maximum atomic E-state index is 12.8. The molecule has 0 saturated carbocycles. The molecule has 0 saturated heterocycles. The summed E-state index contributed by atoms with van der Waals surface area (Å²) in [5.41, 5.74) is 2.64. The number of Topliss-reactive ketones (excluding diaryl/α,β-unsaturated/α-hetero) is 1. The van der Waals surface area contributed by atoms with Crippen LogP contribution in [0.2, 0.25) is 5.02 Å². The van der Waals surface area contributed by atoms with Crippen LogP contribution in [-0.2, 0) is 4.79 Å². The predicted molar refractivity (Wildman–Crippen MR) is 93.8 cm³/mol. The van der Waals surface area contributed by atoms with Crippen molar-refractivity contribution in [2.24, 2.45) is 0 Å². The van der Waals surface area contributed by atoms with Crippen LogP contribution in [0.4, 0.5) is 0 Å². The first-order chi connectivity index (χ1) is 11.5. The molecular formula is C19H15ClNO3. The average Bonchev–Trinajstić information content (AvgIpc) is 2.91. The summed E-state index contributed by atoms with van der Waals surface area (Å²) >= 11 is 5.86. The van der Waals surface area contributed by atoms with Gasteiger partial charge in [0.1, 0.15) is 11.7 Å². The Kier molecular flexibility index (Phi) is 4.40. The summed E-state index contributed by atoms with van der Waals surface area (Å²) in [6, 6.07) is 12.0. The fraction of sp³-hybridized carbons (Fsp3) is 0.158. The molecule has 1 unspecified atom stereocenters. The normalized spacial score (nSPS) is 12.1. The molecular weight excluding hydrogens is 326 g/mol. The molecule has 1 radical (unpaired) electrons. The number of hydrogen-bond donors (Lipinski definition) is 1. The summed E-state index contributed by atoms with van der Waals surface area (Å²) in [4.78, 5) is 27.6. The number of aryl methyl sites for hydroxylation is 1. The van der Waals surface area contributed by atoms with E-state index >= 15 is 0 Å². The van der Waals surface area contributed by atoms with E-state index in [0.717, 1.165) is 16.6 Å². The van der Waals surface area contributed by atoms with Gasteiger partial charge in [-0.25, -0.2) is 0 Å². The smallest absolute Gasteiger partial charge is 0.214 e. The van der Waals surface area contributed by atoms with Crippen LogP contribution in [0.3, 0.4) is 0 Å². The van der Waals surface area contributed by atoms with Gasteiger partial charge in [-0.05, 0) is 55.0 Å². The predicted octanol–water partition coefficient (Wildman–Crippen LogP) is 4.21. The molecule has 4 nitrogen and oxygen atoms in total. The minimum Gasteiger partial charge on any atom is -0.497 e. The SMILES string of the molecule is COc1ccc2[nH]c(C)c(C([C]=O)C(=O)c3ccc(Cl)cc3)c2c1. The van der Waals surface area contributed by atoms with Crippen LogP contribution < -0.4 is 4.74 Å². The topological polar surface area (TPSA) is 59.2 Å². The molecule has 1 heterocycles. The molecule has 1 aromatic heterocycles. The lowest BCUT2D eigenvalue weighted by Crippen LogP contribution is -2.15. The molecule has 121 valence electrons. The number of rotatable bonds is 5. The quantitative estimate of drug-likeness (QED) is 0.559. The highest BCUT2D eigenvalue weighted by Gasteiger charge is 2.27. The third-order valence-electron chi connectivity index (χ3n) is 4.04. The van der Waals surface area contributed by atoms with Gasteiger partial charge in [-0.15, -0.1) is 0 Å². The maximum absolute atomic E-state index is 12.8. The van der Waals surface area contributed by atoms with Gasteiger partial charge in [0.15, 0.2) is 5.78 Å². The third kappa shape index (κ3) is 2.81. The second-order valence-corrected chi connectivity index (χ2v) is 5.93. The Bertz CT molecular complexity index is 912. The molecule has 0 aliphatic carbocycles. The van der Waals surface area contributed by atoms with E-state index in [4.69, 9.17) is 16.3 Å². The minimum atomic E-state index is -1.01. The molecule has 3 aromatic rings. The first-order valence-electron chi connectivity index (χ1n) is 7.39. The number of halogens is 1. The fourth-order valence-electron chi connectivity index (χ4n) is 2.85. The van der Waals surface area contributed by atoms with E-state index in [0.29, 0.717) is 21.9 Å². The summed E-state index contributed by atoms with van der Waals surface area (Å²) in [6.45, 7) is 1.83. The van der Waals surface area contributed by atoms with Crippen LogP contribution >= 0.6 is 11.6 Å². The largest absolute Gasteiger partial charge is 0.497 e. The highest BCUT2D eigenvalue weighted by atomic mass is 35.5. The molecule has 0 fully saturated rings. The van der Waals surface area contributed by atoms with E-state index in [1.54, 1.807) is 31.4 Å². The first-order valence-corrected chi connectivity index (χ1v) is 7.76. The van der Waals surface area contributed by atoms with Crippen LogP contribution in [0.5, 0.6) is 5.75 Å². The van der Waals surface area contributed by atoms with Crippen molar-refractivity contribution in [2.75, 3.05) is 7.11 Å². The van der Waals surface area contributed by atoms with Crippen LogP contribution in [0.25, 0.3) is 10.9 Å². The summed E-state index contributed by atoms with van der Waals surface area (Å²) in [7, 11) is 1.57. The van der Waals surface area contributed by atoms with Crippen molar-refractivity contribution >= 4 is 34.6 Å². The van der Waals surface area contributed by atoms with E-state index in [1.807, 2.05) is 31.4 Å². The van der Waals surface area contributed by atoms with E-state index in [1.165, 1.54) is 0 Å². The van der Waals surface area contributed by atoms with Gasteiger partial charge in [-0.1, -0.05) is 11.6 Å². The molecule has 1 atom stereocenters. The Morgan fingerprint density at radius 3 is 2.54 bits per heavy atom. The monoisotopic (exact) mass is 340 g/mol. The van der Waals surface area contributed by atoms with Crippen LogP contribution in [0.1, 0.15) is 27.5 Å². The number of H-pyrrole nitrogens is 1. The van der Waals surface area contributed by atoms with Gasteiger partial charge in [0.25, 0.3) is 0 Å². The fourth-order valence-corrected chi connectivity index (χ4v) is 2.98. The number of nitrogens with one attached hydrogen (secondary N) is 1. The molecule has 0 bridgehead atoms. The lowest BCUT2D eigenvalue weighted by Gasteiger charge is -2.10. The molecule has 2 aromatic carbocycles. The molecule has 0 amide bonds. The Labute approximate surface area is 144 Å². The van der Waals surface area contributed by atoms with E-state index in [-0.39, 0.29) is 5.78 Å². The minimum absolute atomic E-state index is 0.312. The van der Waals surface area contributed by atoms with Crippen molar-refractivity contribution in [1.29, 1.82) is 0 Å². The number of benzene rings is 2. The number of carbonyl (C=O) groups excluding carboxylic acids is 2. The van der Waals surface area contributed by atoms with Crippen LogP contribution in [0, 0.1) is 6.92 Å². The van der Waals surface area contributed by atoms with Crippen molar-refractivity contribution in [1.82, 2.24) is 4.98 Å². The first kappa shape index (κ1) is 16.3. The van der Waals surface area contributed by atoms with Gasteiger partial charge in [-0.2, -0.15) is 0 Å². The third-order valence-corrected chi connectivity index (χ3v) is 4.29. The van der Waals surface area contributed by atoms with Gasteiger partial charge < -0.3 is 9.72 Å². The summed E-state index contributed by atoms with van der Waals surface area (Å²) in [5.74, 6) is -0.660. The summed E-state index contributed by atoms with van der Waals surface area (Å²) in [6.07, 6.45) is 1.89. The number of fused-ring (bicyclic) bond motifs is 1. The molecule has 5 heteroatoms. The van der Waals surface area contributed by atoms with Crippen molar-refractivity contribution in [3.63, 3.8) is 0 Å². The Morgan fingerprint density at radius 2 is 1.92 bits per heavy atom.